The number of likely N-dealkylation sites (tertiary alicyclic amines) is 1. The molecule has 31 heavy (non-hydrogen) atoms. The van der Waals surface area contributed by atoms with E-state index in [0.29, 0.717) is 24.5 Å². The maximum atomic E-state index is 13.1. The Kier molecular flexibility index (Phi) is 6.44. The van der Waals surface area contributed by atoms with Gasteiger partial charge in [-0.25, -0.2) is 4.79 Å². The number of fused-ring (bicyclic) bond motifs is 1. The minimum absolute atomic E-state index is 0.100. The first-order valence-corrected chi connectivity index (χ1v) is 11.0. The molecule has 3 atom stereocenters. The van der Waals surface area contributed by atoms with Crippen LogP contribution in [0.2, 0.25) is 0 Å². The van der Waals surface area contributed by atoms with Crippen LogP contribution in [0.3, 0.4) is 0 Å². The molecule has 0 unspecified atom stereocenters. The molecule has 1 aromatic rings. The van der Waals surface area contributed by atoms with Crippen LogP contribution in [-0.4, -0.2) is 47.0 Å². The van der Waals surface area contributed by atoms with Gasteiger partial charge in [0.05, 0.1) is 5.92 Å². The molecule has 3 rings (SSSR count). The summed E-state index contributed by atoms with van der Waals surface area (Å²) in [5, 5.41) is 10.2. The van der Waals surface area contributed by atoms with Gasteiger partial charge in [-0.05, 0) is 56.7 Å². The van der Waals surface area contributed by atoms with Gasteiger partial charge < -0.3 is 24.2 Å². The normalized spacial score (nSPS) is 23.2. The summed E-state index contributed by atoms with van der Waals surface area (Å²) < 4.78 is 16.6. The van der Waals surface area contributed by atoms with Crippen LogP contribution in [-0.2, 0) is 9.53 Å². The maximum absolute atomic E-state index is 13.1. The van der Waals surface area contributed by atoms with E-state index in [2.05, 4.69) is 20.8 Å². The van der Waals surface area contributed by atoms with Crippen molar-refractivity contribution >= 4 is 12.1 Å². The van der Waals surface area contributed by atoms with Gasteiger partial charge in [0.1, 0.15) is 5.60 Å². The zero-order valence-electron chi connectivity index (χ0n) is 19.4. The molecular weight excluding hydrogens is 398 g/mol. The number of carbonyl (C=O) groups is 2. The van der Waals surface area contributed by atoms with Crippen LogP contribution in [0.1, 0.15) is 72.3 Å². The van der Waals surface area contributed by atoms with E-state index in [4.69, 9.17) is 14.2 Å². The van der Waals surface area contributed by atoms with E-state index < -0.39 is 29.6 Å². The highest BCUT2D eigenvalue weighted by Gasteiger charge is 2.51. The van der Waals surface area contributed by atoms with Gasteiger partial charge in [-0.15, -0.1) is 0 Å². The lowest BCUT2D eigenvalue weighted by molar-refractivity contribution is -0.143. The fourth-order valence-electron chi connectivity index (χ4n) is 4.83. The van der Waals surface area contributed by atoms with E-state index in [0.717, 1.165) is 18.4 Å². The number of nitrogens with zero attached hydrogens (tertiary/aromatic N) is 1. The average molecular weight is 434 g/mol. The van der Waals surface area contributed by atoms with Crippen molar-refractivity contribution in [2.24, 2.45) is 11.3 Å². The fraction of sp³-hybridized carbons (Fsp3) is 0.667. The Morgan fingerprint density at radius 1 is 1.16 bits per heavy atom. The predicted molar refractivity (Wildman–Crippen MR) is 116 cm³/mol. The minimum atomic E-state index is -0.897. The first-order chi connectivity index (χ1) is 14.4. The van der Waals surface area contributed by atoms with Gasteiger partial charge in [-0.1, -0.05) is 33.3 Å². The first-order valence-electron chi connectivity index (χ1n) is 11.0. The monoisotopic (exact) mass is 433 g/mol. The third-order valence-electron chi connectivity index (χ3n) is 6.07. The van der Waals surface area contributed by atoms with Crippen molar-refractivity contribution in [3.63, 3.8) is 0 Å². The number of ether oxygens (including phenoxy) is 3. The molecule has 2 aliphatic heterocycles. The van der Waals surface area contributed by atoms with Crippen LogP contribution in [0.5, 0.6) is 11.5 Å². The standard InChI is InChI=1S/C24H35NO6/c1-7-10-24(5,6)12-17-20(21(26)27)16(13-25(17)22(28)31-23(2,3)4)15-8-9-18-19(11-15)30-14-29-18/h8-9,11,16-17,20H,7,10,12-14H2,1-6H3,(H,26,27)/t16-,17-,20+/m1/s1. The molecule has 0 spiro atoms. The summed E-state index contributed by atoms with van der Waals surface area (Å²) in [6.45, 7) is 12.3. The van der Waals surface area contributed by atoms with E-state index in [-0.39, 0.29) is 18.1 Å². The molecule has 2 aliphatic rings. The lowest BCUT2D eigenvalue weighted by atomic mass is 9.76. The largest absolute Gasteiger partial charge is 0.481 e. The SMILES string of the molecule is CCCC(C)(C)C[C@@H]1[C@@H](C(=O)O)[C@@H](c2ccc3c(c2)OCO3)CN1C(=O)OC(C)(C)C. The van der Waals surface area contributed by atoms with Crippen molar-refractivity contribution in [3.8, 4) is 11.5 Å². The molecule has 0 bridgehead atoms. The van der Waals surface area contributed by atoms with E-state index in [1.165, 1.54) is 0 Å². The molecule has 1 N–H and O–H groups in total. The van der Waals surface area contributed by atoms with Gasteiger partial charge in [-0.3, -0.25) is 4.79 Å². The molecule has 0 aliphatic carbocycles. The predicted octanol–water partition coefficient (Wildman–Crippen LogP) is 5.04. The number of rotatable bonds is 6. The number of amides is 1. The second-order valence-electron chi connectivity index (χ2n) is 10.4. The van der Waals surface area contributed by atoms with E-state index in [9.17, 15) is 14.7 Å². The van der Waals surface area contributed by atoms with Crippen molar-refractivity contribution in [2.75, 3.05) is 13.3 Å². The molecule has 0 saturated carbocycles. The number of carboxylic acid groups (broad SMARTS) is 1. The summed E-state index contributed by atoms with van der Waals surface area (Å²) in [4.78, 5) is 27.2. The quantitative estimate of drug-likeness (QED) is 0.677. The molecule has 7 heteroatoms. The number of hydrogen-bond donors (Lipinski definition) is 1. The fourth-order valence-corrected chi connectivity index (χ4v) is 4.83. The molecule has 2 heterocycles. The summed E-state index contributed by atoms with van der Waals surface area (Å²) in [7, 11) is 0. The second kappa shape index (κ2) is 8.60. The average Bonchev–Trinajstić information content (AvgIpc) is 3.23. The number of hydrogen-bond acceptors (Lipinski definition) is 5. The Hall–Kier alpha value is -2.44. The van der Waals surface area contributed by atoms with Crippen molar-refractivity contribution in [1.82, 2.24) is 4.90 Å². The summed E-state index contributed by atoms with van der Waals surface area (Å²) in [6.07, 6.45) is 2.08. The zero-order chi connectivity index (χ0) is 23.0. The topological polar surface area (TPSA) is 85.3 Å². The third kappa shape index (κ3) is 5.25. The van der Waals surface area contributed by atoms with E-state index in [1.807, 2.05) is 39.0 Å². The third-order valence-corrected chi connectivity index (χ3v) is 6.07. The van der Waals surface area contributed by atoms with Gasteiger partial charge in [0, 0.05) is 18.5 Å². The van der Waals surface area contributed by atoms with Gasteiger partial charge in [0.2, 0.25) is 6.79 Å². The van der Waals surface area contributed by atoms with Crippen LogP contribution >= 0.6 is 0 Å². The van der Waals surface area contributed by atoms with Gasteiger partial charge in [0.25, 0.3) is 0 Å². The summed E-state index contributed by atoms with van der Waals surface area (Å²) in [5.41, 5.74) is 0.0776. The molecule has 0 radical (unpaired) electrons. The molecule has 1 fully saturated rings. The second-order valence-corrected chi connectivity index (χ2v) is 10.4. The van der Waals surface area contributed by atoms with Gasteiger partial charge in [-0.2, -0.15) is 0 Å². The highest BCUT2D eigenvalue weighted by molar-refractivity contribution is 5.77. The molecule has 0 aromatic heterocycles. The van der Waals surface area contributed by atoms with Crippen LogP contribution in [0.25, 0.3) is 0 Å². The molecule has 1 saturated heterocycles. The lowest BCUT2D eigenvalue weighted by Gasteiger charge is -2.35. The first kappa shape index (κ1) is 23.2. The summed E-state index contributed by atoms with van der Waals surface area (Å²) >= 11 is 0. The minimum Gasteiger partial charge on any atom is -0.481 e. The summed E-state index contributed by atoms with van der Waals surface area (Å²) in [5.74, 6) is -0.726. The Morgan fingerprint density at radius 3 is 2.45 bits per heavy atom. The smallest absolute Gasteiger partial charge is 0.410 e. The van der Waals surface area contributed by atoms with Crippen molar-refractivity contribution < 1.29 is 28.9 Å². The Bertz CT molecular complexity index is 828. The molecule has 1 aromatic carbocycles. The van der Waals surface area contributed by atoms with Crippen LogP contribution < -0.4 is 9.47 Å². The van der Waals surface area contributed by atoms with Crippen LogP contribution in [0, 0.1) is 11.3 Å². The molecule has 172 valence electrons. The zero-order valence-corrected chi connectivity index (χ0v) is 19.4. The summed E-state index contributed by atoms with van der Waals surface area (Å²) in [6, 6.07) is 5.07. The van der Waals surface area contributed by atoms with Crippen molar-refractivity contribution in [1.29, 1.82) is 0 Å². The maximum Gasteiger partial charge on any atom is 0.410 e. The van der Waals surface area contributed by atoms with Crippen molar-refractivity contribution in [2.45, 2.75) is 78.4 Å². The van der Waals surface area contributed by atoms with Gasteiger partial charge in [0.15, 0.2) is 11.5 Å². The van der Waals surface area contributed by atoms with Crippen LogP contribution in [0.4, 0.5) is 4.79 Å². The number of carbonyl (C=O) groups excluding carboxylic acids is 1. The number of aliphatic carboxylic acids is 1. The molecule has 7 nitrogen and oxygen atoms in total. The number of benzene rings is 1. The highest BCUT2D eigenvalue weighted by atomic mass is 16.7. The van der Waals surface area contributed by atoms with E-state index >= 15 is 0 Å². The van der Waals surface area contributed by atoms with Crippen LogP contribution in [0.15, 0.2) is 18.2 Å². The molecular formula is C24H35NO6. The van der Waals surface area contributed by atoms with Gasteiger partial charge >= 0.3 is 12.1 Å². The van der Waals surface area contributed by atoms with E-state index in [1.54, 1.807) is 4.90 Å². The Balaban J connectivity index is 1.98. The Morgan fingerprint density at radius 2 is 1.84 bits per heavy atom. The van der Waals surface area contributed by atoms with Crippen molar-refractivity contribution in [3.05, 3.63) is 23.8 Å². The highest BCUT2D eigenvalue weighted by Crippen LogP contribution is 2.45. The Labute approximate surface area is 184 Å². The molecule has 1 amide bonds. The lowest BCUT2D eigenvalue weighted by Crippen LogP contribution is -2.44. The number of carboxylic acids is 1.